The third-order valence-electron chi connectivity index (χ3n) is 1.52. The van der Waals surface area contributed by atoms with Crippen LogP contribution in [-0.4, -0.2) is 15.9 Å². The van der Waals surface area contributed by atoms with Crippen molar-refractivity contribution in [1.82, 2.24) is 4.98 Å². The molecule has 1 rings (SSSR count). The minimum absolute atomic E-state index is 0.0282. The van der Waals surface area contributed by atoms with E-state index in [9.17, 15) is 13.2 Å². The first-order valence-corrected chi connectivity index (χ1v) is 5.63. The number of aryl methyl sites for hydroxylation is 1. The maximum Gasteiger partial charge on any atom is 0.451 e. The van der Waals surface area contributed by atoms with Crippen LogP contribution in [0.25, 0.3) is 0 Å². The summed E-state index contributed by atoms with van der Waals surface area (Å²) in [5.74, 6) is -1.13. The topological polar surface area (TPSA) is 38.4 Å². The number of oxazole rings is 1. The van der Waals surface area contributed by atoms with Gasteiger partial charge in [-0.3, -0.25) is 0 Å². The highest BCUT2D eigenvalue weighted by atomic mass is 32.2. The smallest absolute Gasteiger partial charge is 0.436 e. The molecule has 0 unspecified atom stereocenters. The van der Waals surface area contributed by atoms with Crippen molar-refractivity contribution in [1.29, 1.82) is 0 Å². The van der Waals surface area contributed by atoms with Gasteiger partial charge in [0, 0.05) is 11.7 Å². The zero-order valence-corrected chi connectivity index (χ0v) is 10.7. The molecule has 1 heterocycles. The molecule has 7 heteroatoms. The number of halogens is 3. The van der Waals surface area contributed by atoms with Crippen LogP contribution in [0.1, 0.15) is 38.1 Å². The highest BCUT2D eigenvalue weighted by molar-refractivity contribution is 7.99. The van der Waals surface area contributed by atoms with E-state index >= 15 is 0 Å². The van der Waals surface area contributed by atoms with E-state index in [1.165, 1.54) is 18.9 Å². The van der Waals surface area contributed by atoms with Gasteiger partial charge in [0.25, 0.3) is 0 Å². The third-order valence-corrected chi connectivity index (χ3v) is 2.28. The van der Waals surface area contributed by atoms with Crippen molar-refractivity contribution >= 4 is 18.2 Å². The van der Waals surface area contributed by atoms with E-state index < -0.39 is 11.9 Å². The molecule has 1 aromatic rings. The van der Waals surface area contributed by atoms with Crippen molar-refractivity contribution in [3.63, 3.8) is 0 Å². The fourth-order valence-corrected chi connectivity index (χ4v) is 1.44. The Labute approximate surface area is 102 Å². The van der Waals surface area contributed by atoms with Crippen LogP contribution < -0.4 is 0 Å². The van der Waals surface area contributed by atoms with Crippen molar-refractivity contribution in [2.24, 2.45) is 4.40 Å². The molecular formula is C10H13F3N2OS. The van der Waals surface area contributed by atoms with Gasteiger partial charge in [-0.2, -0.15) is 13.2 Å². The highest BCUT2D eigenvalue weighted by Crippen LogP contribution is 2.32. The van der Waals surface area contributed by atoms with Gasteiger partial charge in [-0.25, -0.2) is 9.38 Å². The second kappa shape index (κ2) is 4.72. The molecule has 0 amide bonds. The SMILES string of the molecule is Cc1nc(/C=N/SC(C)(C)C)c(C(F)(F)F)o1. The van der Waals surface area contributed by atoms with Crippen LogP contribution in [-0.2, 0) is 6.18 Å². The fraction of sp³-hybridized carbons (Fsp3) is 0.600. The average Bonchev–Trinajstić information content (AvgIpc) is 2.43. The predicted molar refractivity (Wildman–Crippen MR) is 61.2 cm³/mol. The lowest BCUT2D eigenvalue weighted by Gasteiger charge is -2.11. The van der Waals surface area contributed by atoms with E-state index in [1.807, 2.05) is 20.8 Å². The first-order chi connectivity index (χ1) is 7.59. The molecular weight excluding hydrogens is 253 g/mol. The summed E-state index contributed by atoms with van der Waals surface area (Å²) in [6.45, 7) is 7.10. The van der Waals surface area contributed by atoms with E-state index in [0.717, 1.165) is 6.21 Å². The van der Waals surface area contributed by atoms with Crippen LogP contribution in [0.15, 0.2) is 8.81 Å². The predicted octanol–water partition coefficient (Wildman–Crippen LogP) is 3.87. The van der Waals surface area contributed by atoms with Crippen LogP contribution in [0.5, 0.6) is 0 Å². The molecule has 0 fully saturated rings. The Bertz CT molecular complexity index is 418. The summed E-state index contributed by atoms with van der Waals surface area (Å²) >= 11 is 1.18. The summed E-state index contributed by atoms with van der Waals surface area (Å²) in [7, 11) is 0. The summed E-state index contributed by atoms with van der Waals surface area (Å²) in [5, 5.41) is 0. The molecule has 0 aliphatic heterocycles. The molecule has 0 atom stereocenters. The number of rotatable bonds is 2. The number of hydrogen-bond donors (Lipinski definition) is 0. The maximum absolute atomic E-state index is 12.5. The minimum Gasteiger partial charge on any atom is -0.436 e. The Kier molecular flexibility index (Phi) is 3.91. The van der Waals surface area contributed by atoms with Gasteiger partial charge in [0.2, 0.25) is 5.76 Å². The van der Waals surface area contributed by atoms with Crippen molar-refractivity contribution < 1.29 is 17.6 Å². The summed E-state index contributed by atoms with van der Waals surface area (Å²) in [6, 6.07) is 0. The molecule has 96 valence electrons. The van der Waals surface area contributed by atoms with Crippen LogP contribution in [0.4, 0.5) is 13.2 Å². The second-order valence-corrected chi connectivity index (χ2v) is 6.00. The number of hydrogen-bond acceptors (Lipinski definition) is 4. The maximum atomic E-state index is 12.5. The summed E-state index contributed by atoms with van der Waals surface area (Å²) in [6.07, 6.45) is -3.47. The zero-order chi connectivity index (χ0) is 13.3. The van der Waals surface area contributed by atoms with Gasteiger partial charge in [0.1, 0.15) is 5.69 Å². The quantitative estimate of drug-likeness (QED) is 0.602. The summed E-state index contributed by atoms with van der Waals surface area (Å²) < 4.78 is 45.8. The first-order valence-electron chi connectivity index (χ1n) is 4.86. The molecule has 0 saturated carbocycles. The van der Waals surface area contributed by atoms with Gasteiger partial charge in [-0.15, -0.1) is 0 Å². The van der Waals surface area contributed by atoms with Crippen molar-refractivity contribution in [3.05, 3.63) is 17.3 Å². The molecule has 0 aliphatic carbocycles. The number of alkyl halides is 3. The molecule has 0 radical (unpaired) electrons. The molecule has 0 aromatic carbocycles. The first kappa shape index (κ1) is 14.1. The van der Waals surface area contributed by atoms with Gasteiger partial charge in [0.05, 0.1) is 6.21 Å². The molecule has 17 heavy (non-hydrogen) atoms. The van der Waals surface area contributed by atoms with E-state index in [4.69, 9.17) is 0 Å². The molecule has 1 aromatic heterocycles. The van der Waals surface area contributed by atoms with Crippen molar-refractivity contribution in [2.45, 2.75) is 38.6 Å². The average molecular weight is 266 g/mol. The van der Waals surface area contributed by atoms with Gasteiger partial charge in [-0.05, 0) is 32.7 Å². The molecule has 0 spiro atoms. The molecule has 0 N–H and O–H groups in total. The Balaban J connectivity index is 2.92. The Morgan fingerprint density at radius 1 is 1.29 bits per heavy atom. The Morgan fingerprint density at radius 3 is 2.35 bits per heavy atom. The van der Waals surface area contributed by atoms with Gasteiger partial charge in [0.15, 0.2) is 5.89 Å². The monoisotopic (exact) mass is 266 g/mol. The van der Waals surface area contributed by atoms with E-state index in [-0.39, 0.29) is 16.3 Å². The van der Waals surface area contributed by atoms with Crippen molar-refractivity contribution in [3.8, 4) is 0 Å². The summed E-state index contributed by atoms with van der Waals surface area (Å²) in [5.41, 5.74) is -0.285. The normalized spacial score (nSPS) is 13.6. The van der Waals surface area contributed by atoms with Crippen molar-refractivity contribution in [2.75, 3.05) is 0 Å². The molecule has 0 bridgehead atoms. The second-order valence-electron chi connectivity index (χ2n) is 4.38. The lowest BCUT2D eigenvalue weighted by atomic mass is 10.3. The molecule has 0 saturated heterocycles. The van der Waals surface area contributed by atoms with Crippen LogP contribution >= 0.6 is 11.9 Å². The number of aromatic nitrogens is 1. The number of nitrogens with zero attached hydrogens (tertiary/aromatic N) is 2. The summed E-state index contributed by atoms with van der Waals surface area (Å²) in [4.78, 5) is 3.65. The van der Waals surface area contributed by atoms with Crippen LogP contribution in [0.3, 0.4) is 0 Å². The Morgan fingerprint density at radius 2 is 1.88 bits per heavy atom. The zero-order valence-electron chi connectivity index (χ0n) is 9.92. The van der Waals surface area contributed by atoms with Gasteiger partial charge in [-0.1, -0.05) is 0 Å². The van der Waals surface area contributed by atoms with Gasteiger partial charge < -0.3 is 4.42 Å². The highest BCUT2D eigenvalue weighted by Gasteiger charge is 2.38. The van der Waals surface area contributed by atoms with Crippen LogP contribution in [0.2, 0.25) is 0 Å². The van der Waals surface area contributed by atoms with Gasteiger partial charge >= 0.3 is 6.18 Å². The van der Waals surface area contributed by atoms with E-state index in [2.05, 4.69) is 13.8 Å². The molecule has 0 aliphatic rings. The molecule has 3 nitrogen and oxygen atoms in total. The third kappa shape index (κ3) is 4.41. The fourth-order valence-electron chi connectivity index (χ4n) is 0.968. The van der Waals surface area contributed by atoms with Crippen LogP contribution in [0, 0.1) is 6.92 Å². The standard InChI is InChI=1S/C10H13F3N2OS/c1-6-15-7(5-14-17-9(2,3)4)8(16-6)10(11,12)13/h5H,1-4H3/b14-5+. The van der Waals surface area contributed by atoms with E-state index in [0.29, 0.717) is 0 Å². The minimum atomic E-state index is -4.55. The van der Waals surface area contributed by atoms with E-state index in [1.54, 1.807) is 0 Å². The lowest BCUT2D eigenvalue weighted by molar-refractivity contribution is -0.153. The Hall–Kier alpha value is -0.980. The lowest BCUT2D eigenvalue weighted by Crippen LogP contribution is -2.07. The largest absolute Gasteiger partial charge is 0.451 e.